The lowest BCUT2D eigenvalue weighted by Gasteiger charge is -2.37. The monoisotopic (exact) mass is 346 g/mol. The summed E-state index contributed by atoms with van der Waals surface area (Å²) >= 11 is 0. The van der Waals surface area contributed by atoms with Gasteiger partial charge in [0.1, 0.15) is 6.33 Å². The van der Waals surface area contributed by atoms with Crippen molar-refractivity contribution in [2.45, 2.75) is 33.4 Å². The fourth-order valence-corrected chi connectivity index (χ4v) is 2.85. The molecule has 25 heavy (non-hydrogen) atoms. The van der Waals surface area contributed by atoms with Crippen molar-refractivity contribution in [1.82, 2.24) is 34.9 Å². The fourth-order valence-electron chi connectivity index (χ4n) is 2.85. The van der Waals surface area contributed by atoms with E-state index >= 15 is 0 Å². The lowest BCUT2D eigenvalue weighted by atomic mass is 9.86. The molecule has 2 aromatic rings. The molecule has 0 spiro atoms. The van der Waals surface area contributed by atoms with Crippen LogP contribution in [-0.2, 0) is 6.54 Å². The van der Waals surface area contributed by atoms with Crippen LogP contribution in [0.25, 0.3) is 0 Å². The molecule has 9 heteroatoms. The number of carbonyl (C=O) groups is 1. The molecule has 3 heterocycles. The molecule has 0 saturated carbocycles. The molecule has 1 aliphatic heterocycles. The lowest BCUT2D eigenvalue weighted by molar-refractivity contribution is 0.171. The molecule has 3 rings (SSSR count). The Morgan fingerprint density at radius 3 is 2.64 bits per heavy atom. The van der Waals surface area contributed by atoms with Crippen LogP contribution in [-0.4, -0.2) is 67.9 Å². The maximum absolute atomic E-state index is 12.7. The van der Waals surface area contributed by atoms with Crippen LogP contribution >= 0.6 is 0 Å². The number of aromatic amines is 1. The highest BCUT2D eigenvalue weighted by Crippen LogP contribution is 2.21. The SMILES string of the molecule is CC(C)(C)[C@@H](Cn1ccnc1)NC(=O)N1CCN(c2ncn[nH]2)CC1. The van der Waals surface area contributed by atoms with Crippen LogP contribution in [0.5, 0.6) is 0 Å². The van der Waals surface area contributed by atoms with E-state index in [-0.39, 0.29) is 17.5 Å². The van der Waals surface area contributed by atoms with Gasteiger partial charge in [-0.25, -0.2) is 14.9 Å². The first-order valence-corrected chi connectivity index (χ1v) is 8.55. The number of rotatable bonds is 4. The standard InChI is InChI=1S/C16H26N8O/c1-16(2,3)13(10-22-5-4-17-12-22)20-15(25)24-8-6-23(7-9-24)14-18-11-19-21-14/h4-5,11-13H,6-10H2,1-3H3,(H,20,25)(H,18,19,21)/t13-/m1/s1. The van der Waals surface area contributed by atoms with Crippen LogP contribution in [0, 0.1) is 5.41 Å². The second kappa shape index (κ2) is 7.12. The summed E-state index contributed by atoms with van der Waals surface area (Å²) in [5.41, 5.74) is -0.0540. The van der Waals surface area contributed by atoms with Gasteiger partial charge in [0.25, 0.3) is 0 Å². The Bertz CT molecular complexity index is 653. The molecule has 0 aromatic carbocycles. The molecule has 2 aromatic heterocycles. The second-order valence-electron chi connectivity index (χ2n) is 7.41. The topological polar surface area (TPSA) is 95.0 Å². The third-order valence-corrected chi connectivity index (χ3v) is 4.56. The van der Waals surface area contributed by atoms with Gasteiger partial charge in [0.2, 0.25) is 5.95 Å². The minimum atomic E-state index is -0.0540. The first-order chi connectivity index (χ1) is 11.9. The number of hydrogen-bond donors (Lipinski definition) is 2. The van der Waals surface area contributed by atoms with Gasteiger partial charge in [-0.2, -0.15) is 10.1 Å². The average Bonchev–Trinajstić information content (AvgIpc) is 3.27. The largest absolute Gasteiger partial charge is 0.338 e. The van der Waals surface area contributed by atoms with E-state index in [0.717, 1.165) is 19.0 Å². The Labute approximate surface area is 147 Å². The normalized spacial score (nSPS) is 16.8. The number of piperazine rings is 1. The molecule has 0 bridgehead atoms. The quantitative estimate of drug-likeness (QED) is 0.859. The Kier molecular flexibility index (Phi) is 4.91. The van der Waals surface area contributed by atoms with Gasteiger partial charge < -0.3 is 19.7 Å². The molecular formula is C16H26N8O. The van der Waals surface area contributed by atoms with Crippen molar-refractivity contribution >= 4 is 12.0 Å². The minimum absolute atomic E-state index is 0.0153. The number of anilines is 1. The Hall–Kier alpha value is -2.58. The van der Waals surface area contributed by atoms with Gasteiger partial charge >= 0.3 is 6.03 Å². The third-order valence-electron chi connectivity index (χ3n) is 4.56. The number of imidazole rings is 1. The van der Waals surface area contributed by atoms with Gasteiger partial charge in [-0.1, -0.05) is 20.8 Å². The Morgan fingerprint density at radius 2 is 2.08 bits per heavy atom. The van der Waals surface area contributed by atoms with Crippen molar-refractivity contribution in [3.63, 3.8) is 0 Å². The lowest BCUT2D eigenvalue weighted by Crippen LogP contribution is -2.56. The summed E-state index contributed by atoms with van der Waals surface area (Å²) in [6.45, 7) is 9.91. The number of urea groups is 1. The third kappa shape index (κ3) is 4.28. The number of H-pyrrole nitrogens is 1. The van der Waals surface area contributed by atoms with Crippen molar-refractivity contribution in [1.29, 1.82) is 0 Å². The Morgan fingerprint density at radius 1 is 1.32 bits per heavy atom. The maximum Gasteiger partial charge on any atom is 0.317 e. The molecule has 0 radical (unpaired) electrons. The predicted octanol–water partition coefficient (Wildman–Crippen LogP) is 0.948. The highest BCUT2D eigenvalue weighted by molar-refractivity contribution is 5.75. The molecule has 0 unspecified atom stereocenters. The molecule has 2 N–H and O–H groups in total. The molecule has 2 amide bonds. The minimum Gasteiger partial charge on any atom is -0.338 e. The van der Waals surface area contributed by atoms with E-state index in [1.54, 1.807) is 12.5 Å². The zero-order valence-electron chi connectivity index (χ0n) is 15.0. The molecule has 1 fully saturated rings. The molecule has 0 aliphatic carbocycles. The van der Waals surface area contributed by atoms with Crippen LogP contribution in [0.4, 0.5) is 10.7 Å². The molecule has 136 valence electrons. The number of nitrogens with zero attached hydrogens (tertiary/aromatic N) is 6. The zero-order valence-corrected chi connectivity index (χ0v) is 15.0. The van der Waals surface area contributed by atoms with E-state index in [9.17, 15) is 4.79 Å². The van der Waals surface area contributed by atoms with Gasteiger partial charge in [-0.05, 0) is 5.41 Å². The predicted molar refractivity (Wildman–Crippen MR) is 94.2 cm³/mol. The highest BCUT2D eigenvalue weighted by atomic mass is 16.2. The van der Waals surface area contributed by atoms with Gasteiger partial charge in [0, 0.05) is 45.1 Å². The van der Waals surface area contributed by atoms with Gasteiger partial charge in [-0.3, -0.25) is 0 Å². The maximum atomic E-state index is 12.7. The smallest absolute Gasteiger partial charge is 0.317 e. The van der Waals surface area contributed by atoms with E-state index in [2.05, 4.69) is 51.2 Å². The van der Waals surface area contributed by atoms with Crippen molar-refractivity contribution in [2.75, 3.05) is 31.1 Å². The second-order valence-corrected chi connectivity index (χ2v) is 7.41. The number of carbonyl (C=O) groups excluding carboxylic acids is 1. The number of nitrogens with one attached hydrogen (secondary N) is 2. The molecule has 1 aliphatic rings. The van der Waals surface area contributed by atoms with Gasteiger partial charge in [-0.15, -0.1) is 0 Å². The van der Waals surface area contributed by atoms with Crippen LogP contribution in [0.3, 0.4) is 0 Å². The molecule has 9 nitrogen and oxygen atoms in total. The van der Waals surface area contributed by atoms with E-state index in [1.807, 2.05) is 15.7 Å². The summed E-state index contributed by atoms with van der Waals surface area (Å²) in [4.78, 5) is 24.9. The zero-order chi connectivity index (χ0) is 17.9. The van der Waals surface area contributed by atoms with Crippen LogP contribution in [0.15, 0.2) is 25.0 Å². The molecule has 1 atom stereocenters. The molecule has 1 saturated heterocycles. The van der Waals surface area contributed by atoms with Crippen molar-refractivity contribution < 1.29 is 4.79 Å². The Balaban J connectivity index is 1.56. The van der Waals surface area contributed by atoms with Crippen LogP contribution < -0.4 is 10.2 Å². The van der Waals surface area contributed by atoms with E-state index < -0.39 is 0 Å². The summed E-state index contributed by atoms with van der Waals surface area (Å²) in [5, 5.41) is 9.94. The highest BCUT2D eigenvalue weighted by Gasteiger charge is 2.29. The van der Waals surface area contributed by atoms with Crippen LogP contribution in [0.2, 0.25) is 0 Å². The van der Waals surface area contributed by atoms with Crippen molar-refractivity contribution in [2.24, 2.45) is 5.41 Å². The summed E-state index contributed by atoms with van der Waals surface area (Å²) in [5.74, 6) is 0.757. The number of amides is 2. The van der Waals surface area contributed by atoms with Crippen molar-refractivity contribution in [3.05, 3.63) is 25.0 Å². The summed E-state index contributed by atoms with van der Waals surface area (Å²) < 4.78 is 2.00. The van der Waals surface area contributed by atoms with E-state index in [1.165, 1.54) is 6.33 Å². The summed E-state index contributed by atoms with van der Waals surface area (Å²) in [6, 6.07) is -0.00114. The number of hydrogen-bond acceptors (Lipinski definition) is 5. The van der Waals surface area contributed by atoms with Crippen molar-refractivity contribution in [3.8, 4) is 0 Å². The summed E-state index contributed by atoms with van der Waals surface area (Å²) in [6.07, 6.45) is 6.95. The number of aromatic nitrogens is 5. The molecular weight excluding hydrogens is 320 g/mol. The van der Waals surface area contributed by atoms with E-state index in [4.69, 9.17) is 0 Å². The van der Waals surface area contributed by atoms with Crippen LogP contribution in [0.1, 0.15) is 20.8 Å². The first kappa shape index (κ1) is 17.2. The average molecular weight is 346 g/mol. The summed E-state index contributed by atoms with van der Waals surface area (Å²) in [7, 11) is 0. The fraction of sp³-hybridized carbons (Fsp3) is 0.625. The van der Waals surface area contributed by atoms with E-state index in [0.29, 0.717) is 19.6 Å². The van der Waals surface area contributed by atoms with Gasteiger partial charge in [0.15, 0.2) is 0 Å². The first-order valence-electron chi connectivity index (χ1n) is 8.55. The van der Waals surface area contributed by atoms with Gasteiger partial charge in [0.05, 0.1) is 12.4 Å².